The molecule has 1 spiro atoms. The van der Waals surface area contributed by atoms with Crippen molar-refractivity contribution in [1.82, 2.24) is 10.2 Å². The zero-order valence-electron chi connectivity index (χ0n) is 15.4. The number of ether oxygens (including phenoxy) is 1. The number of piperidine rings is 1. The molecule has 2 saturated heterocycles. The SMILES string of the molecule is c1ccc2c(c1)[C@@H](NC[C@H]1CCOC1)CC21CCN(CC2CC2)CC1. The standard InChI is InChI=1S/C22H32N2O/c1-2-4-20-19(3-1)21(23-14-18-7-12-25-16-18)13-22(20)8-10-24(11-9-22)15-17-5-6-17/h1-4,17-18,21,23H,5-16H2/t18-,21+/m1/s1. The third-order valence-corrected chi connectivity index (χ3v) is 7.21. The summed E-state index contributed by atoms with van der Waals surface area (Å²) < 4.78 is 5.55. The van der Waals surface area contributed by atoms with E-state index in [1.54, 1.807) is 11.1 Å². The summed E-state index contributed by atoms with van der Waals surface area (Å²) in [5, 5.41) is 3.91. The Morgan fingerprint density at radius 1 is 1.08 bits per heavy atom. The van der Waals surface area contributed by atoms with Gasteiger partial charge in [-0.15, -0.1) is 0 Å². The van der Waals surface area contributed by atoms with Crippen LogP contribution in [-0.2, 0) is 10.2 Å². The summed E-state index contributed by atoms with van der Waals surface area (Å²) in [5.41, 5.74) is 3.67. The van der Waals surface area contributed by atoms with Gasteiger partial charge in [0.2, 0.25) is 0 Å². The first-order chi connectivity index (χ1) is 12.3. The summed E-state index contributed by atoms with van der Waals surface area (Å²) in [6.07, 6.45) is 8.17. The zero-order chi connectivity index (χ0) is 16.7. The van der Waals surface area contributed by atoms with E-state index in [0.29, 0.717) is 17.4 Å². The molecule has 136 valence electrons. The molecule has 5 rings (SSSR count). The Morgan fingerprint density at radius 3 is 2.68 bits per heavy atom. The van der Waals surface area contributed by atoms with Crippen molar-refractivity contribution in [1.29, 1.82) is 0 Å². The molecule has 1 saturated carbocycles. The Morgan fingerprint density at radius 2 is 1.92 bits per heavy atom. The molecule has 4 aliphatic rings. The largest absolute Gasteiger partial charge is 0.381 e. The molecule has 0 aromatic heterocycles. The van der Waals surface area contributed by atoms with E-state index in [4.69, 9.17) is 4.74 Å². The van der Waals surface area contributed by atoms with E-state index in [9.17, 15) is 0 Å². The van der Waals surface area contributed by atoms with Crippen LogP contribution in [0.5, 0.6) is 0 Å². The fraction of sp³-hybridized carbons (Fsp3) is 0.727. The number of rotatable bonds is 5. The molecule has 0 radical (unpaired) electrons. The highest BCUT2D eigenvalue weighted by atomic mass is 16.5. The minimum Gasteiger partial charge on any atom is -0.381 e. The van der Waals surface area contributed by atoms with Crippen molar-refractivity contribution in [3.63, 3.8) is 0 Å². The first kappa shape index (κ1) is 16.3. The number of fused-ring (bicyclic) bond motifs is 2. The van der Waals surface area contributed by atoms with Crippen LogP contribution in [0.2, 0.25) is 0 Å². The number of hydrogen-bond acceptors (Lipinski definition) is 3. The minimum atomic E-state index is 0.431. The fourth-order valence-electron chi connectivity index (χ4n) is 5.43. The second-order valence-electron chi connectivity index (χ2n) is 9.01. The highest BCUT2D eigenvalue weighted by Gasteiger charge is 2.45. The van der Waals surface area contributed by atoms with Crippen LogP contribution in [0.25, 0.3) is 0 Å². The summed E-state index contributed by atoms with van der Waals surface area (Å²) in [6.45, 7) is 6.98. The maximum atomic E-state index is 5.55. The number of likely N-dealkylation sites (tertiary alicyclic amines) is 1. The Labute approximate surface area is 152 Å². The summed E-state index contributed by atoms with van der Waals surface area (Å²) in [6, 6.07) is 9.83. The van der Waals surface area contributed by atoms with Crippen LogP contribution in [0.1, 0.15) is 55.7 Å². The van der Waals surface area contributed by atoms with Gasteiger partial charge in [-0.2, -0.15) is 0 Å². The Kier molecular flexibility index (Phi) is 4.35. The molecule has 0 unspecified atom stereocenters. The molecule has 25 heavy (non-hydrogen) atoms. The van der Waals surface area contributed by atoms with E-state index in [0.717, 1.165) is 25.7 Å². The maximum Gasteiger partial charge on any atom is 0.0507 e. The lowest BCUT2D eigenvalue weighted by atomic mass is 9.73. The van der Waals surface area contributed by atoms with Crippen molar-refractivity contribution in [2.75, 3.05) is 39.4 Å². The molecule has 2 heterocycles. The fourth-order valence-corrected chi connectivity index (χ4v) is 5.43. The van der Waals surface area contributed by atoms with Gasteiger partial charge in [-0.3, -0.25) is 0 Å². The van der Waals surface area contributed by atoms with Crippen molar-refractivity contribution < 1.29 is 4.74 Å². The van der Waals surface area contributed by atoms with Gasteiger partial charge in [-0.1, -0.05) is 24.3 Å². The first-order valence-corrected chi connectivity index (χ1v) is 10.5. The normalized spacial score (nSPS) is 31.5. The number of nitrogens with zero attached hydrogens (tertiary/aromatic N) is 1. The number of hydrogen-bond donors (Lipinski definition) is 1. The first-order valence-electron chi connectivity index (χ1n) is 10.5. The van der Waals surface area contributed by atoms with E-state index in [1.807, 2.05) is 0 Å². The van der Waals surface area contributed by atoms with Crippen LogP contribution in [-0.4, -0.2) is 44.3 Å². The molecule has 0 bridgehead atoms. The van der Waals surface area contributed by atoms with Gasteiger partial charge in [0.05, 0.1) is 6.61 Å². The quantitative estimate of drug-likeness (QED) is 0.888. The lowest BCUT2D eigenvalue weighted by Crippen LogP contribution is -2.42. The topological polar surface area (TPSA) is 24.5 Å². The molecule has 2 aliphatic carbocycles. The Hall–Kier alpha value is -0.900. The Bertz CT molecular complexity index is 598. The van der Waals surface area contributed by atoms with Gasteiger partial charge in [0.25, 0.3) is 0 Å². The van der Waals surface area contributed by atoms with Crippen molar-refractivity contribution in [2.45, 2.75) is 50.0 Å². The molecule has 3 fully saturated rings. The van der Waals surface area contributed by atoms with Crippen molar-refractivity contribution in [2.24, 2.45) is 11.8 Å². The maximum absolute atomic E-state index is 5.55. The van der Waals surface area contributed by atoms with Crippen LogP contribution in [0, 0.1) is 11.8 Å². The van der Waals surface area contributed by atoms with Gasteiger partial charge in [0, 0.05) is 25.7 Å². The van der Waals surface area contributed by atoms with E-state index >= 15 is 0 Å². The molecule has 1 aromatic rings. The molecule has 3 nitrogen and oxygen atoms in total. The smallest absolute Gasteiger partial charge is 0.0507 e. The summed E-state index contributed by atoms with van der Waals surface area (Å²) in [4.78, 5) is 2.74. The van der Waals surface area contributed by atoms with Crippen LogP contribution in [0.4, 0.5) is 0 Å². The van der Waals surface area contributed by atoms with E-state index in [2.05, 4.69) is 34.5 Å². The minimum absolute atomic E-state index is 0.431. The number of nitrogens with one attached hydrogen (secondary N) is 1. The lowest BCUT2D eigenvalue weighted by molar-refractivity contribution is 0.147. The van der Waals surface area contributed by atoms with Gasteiger partial charge >= 0.3 is 0 Å². The second kappa shape index (κ2) is 6.68. The lowest BCUT2D eigenvalue weighted by Gasteiger charge is -2.40. The molecule has 2 atom stereocenters. The third-order valence-electron chi connectivity index (χ3n) is 7.21. The van der Waals surface area contributed by atoms with Crippen LogP contribution < -0.4 is 5.32 Å². The van der Waals surface area contributed by atoms with E-state index in [1.165, 1.54) is 58.2 Å². The Balaban J connectivity index is 1.28. The molecular formula is C22H32N2O. The van der Waals surface area contributed by atoms with Gasteiger partial charge in [-0.05, 0) is 80.0 Å². The summed E-state index contributed by atoms with van der Waals surface area (Å²) in [5.74, 6) is 1.73. The molecular weight excluding hydrogens is 308 g/mol. The molecule has 2 aliphatic heterocycles. The monoisotopic (exact) mass is 340 g/mol. The average Bonchev–Trinajstić information content (AvgIpc) is 3.21. The van der Waals surface area contributed by atoms with Crippen LogP contribution in [0.3, 0.4) is 0 Å². The van der Waals surface area contributed by atoms with E-state index < -0.39 is 0 Å². The third kappa shape index (κ3) is 3.27. The van der Waals surface area contributed by atoms with Gasteiger partial charge in [-0.25, -0.2) is 0 Å². The highest BCUT2D eigenvalue weighted by molar-refractivity contribution is 5.42. The van der Waals surface area contributed by atoms with Gasteiger partial charge in [0.15, 0.2) is 0 Å². The van der Waals surface area contributed by atoms with Crippen LogP contribution >= 0.6 is 0 Å². The highest BCUT2D eigenvalue weighted by Crippen LogP contribution is 2.51. The zero-order valence-corrected chi connectivity index (χ0v) is 15.4. The summed E-state index contributed by atoms with van der Waals surface area (Å²) in [7, 11) is 0. The van der Waals surface area contributed by atoms with Crippen molar-refractivity contribution >= 4 is 0 Å². The van der Waals surface area contributed by atoms with Gasteiger partial charge < -0.3 is 15.0 Å². The predicted molar refractivity (Wildman–Crippen MR) is 101 cm³/mol. The average molecular weight is 341 g/mol. The number of benzene rings is 1. The summed E-state index contributed by atoms with van der Waals surface area (Å²) >= 11 is 0. The van der Waals surface area contributed by atoms with Crippen molar-refractivity contribution in [3.8, 4) is 0 Å². The molecule has 0 amide bonds. The van der Waals surface area contributed by atoms with Gasteiger partial charge in [0.1, 0.15) is 0 Å². The van der Waals surface area contributed by atoms with Crippen molar-refractivity contribution in [3.05, 3.63) is 35.4 Å². The molecule has 1 N–H and O–H groups in total. The predicted octanol–water partition coefficient (Wildman–Crippen LogP) is 3.50. The second-order valence-corrected chi connectivity index (χ2v) is 9.01. The molecule has 1 aromatic carbocycles. The molecule has 3 heteroatoms. The van der Waals surface area contributed by atoms with E-state index in [-0.39, 0.29) is 0 Å². The van der Waals surface area contributed by atoms with Crippen LogP contribution in [0.15, 0.2) is 24.3 Å².